The van der Waals surface area contributed by atoms with Crippen LogP contribution in [0.25, 0.3) is 10.9 Å². The van der Waals surface area contributed by atoms with Gasteiger partial charge in [-0.25, -0.2) is 9.18 Å². The zero-order valence-corrected chi connectivity index (χ0v) is 15.8. The molecule has 1 aliphatic carbocycles. The number of rotatable bonds is 3. The topological polar surface area (TPSA) is 115 Å². The van der Waals surface area contributed by atoms with Crippen LogP contribution in [0.5, 0.6) is 0 Å². The zero-order valence-electron chi connectivity index (χ0n) is 14.2. The lowest BCUT2D eigenvalue weighted by Gasteiger charge is -2.24. The average molecular weight is 417 g/mol. The quantitative estimate of drug-likeness (QED) is 0.661. The smallest absolute Gasteiger partial charge is 0.341 e. The van der Waals surface area contributed by atoms with Gasteiger partial charge in [0.05, 0.1) is 27.3 Å². The van der Waals surface area contributed by atoms with Crippen LogP contribution in [-0.4, -0.2) is 34.8 Å². The molecule has 1 aromatic carbocycles. The van der Waals surface area contributed by atoms with Crippen LogP contribution in [-0.2, 0) is 0 Å². The van der Waals surface area contributed by atoms with Crippen molar-refractivity contribution in [1.82, 2.24) is 4.57 Å². The van der Waals surface area contributed by atoms with Gasteiger partial charge in [-0.2, -0.15) is 0 Å². The number of aromatic nitrogens is 1. The number of pyridine rings is 1. The first-order valence-electron chi connectivity index (χ1n) is 8.40. The molecule has 2 aromatic rings. The van der Waals surface area contributed by atoms with Crippen molar-refractivity contribution in [1.29, 1.82) is 0 Å². The van der Waals surface area contributed by atoms with Crippen molar-refractivity contribution in [2.24, 2.45) is 5.73 Å². The van der Waals surface area contributed by atoms with Crippen molar-refractivity contribution in [3.63, 3.8) is 0 Å². The number of halogens is 3. The van der Waals surface area contributed by atoms with E-state index in [4.69, 9.17) is 23.1 Å². The van der Waals surface area contributed by atoms with Crippen molar-refractivity contribution < 1.29 is 14.3 Å². The average Bonchev–Trinajstić information content (AvgIpc) is 3.34. The van der Waals surface area contributed by atoms with E-state index in [0.29, 0.717) is 25.0 Å². The minimum absolute atomic E-state index is 0. The van der Waals surface area contributed by atoms with Crippen molar-refractivity contribution in [3.05, 3.63) is 32.8 Å². The number of nitrogens with two attached hydrogens (primary N) is 2. The Bertz CT molecular complexity index is 1010. The standard InChI is InChI=1S/C17H18ClFN4O3.ClH/c18-11-14-10(13(21)12(19)15(11)22-4-3-7(20)5-22)16(24)9(17(25)26)6-23(14)8-1-2-8;/h6-8H,1-5,20-21H2,(H,25,26);1H. The molecule has 0 amide bonds. The van der Waals surface area contributed by atoms with E-state index in [0.717, 1.165) is 12.8 Å². The van der Waals surface area contributed by atoms with Crippen LogP contribution in [0.1, 0.15) is 35.7 Å². The van der Waals surface area contributed by atoms with Crippen molar-refractivity contribution in [3.8, 4) is 0 Å². The van der Waals surface area contributed by atoms with E-state index in [9.17, 15) is 14.7 Å². The summed E-state index contributed by atoms with van der Waals surface area (Å²) in [5.74, 6) is -2.18. The first kappa shape index (κ1) is 19.7. The van der Waals surface area contributed by atoms with Crippen LogP contribution in [0.15, 0.2) is 11.0 Å². The van der Waals surface area contributed by atoms with E-state index in [1.165, 1.54) is 6.20 Å². The lowest BCUT2D eigenvalue weighted by molar-refractivity contribution is 0.0695. The fourth-order valence-electron chi connectivity index (χ4n) is 3.61. The maximum atomic E-state index is 15.0. The van der Waals surface area contributed by atoms with Crippen LogP contribution >= 0.6 is 24.0 Å². The summed E-state index contributed by atoms with van der Waals surface area (Å²) in [7, 11) is 0. The fraction of sp³-hybridized carbons (Fsp3) is 0.412. The molecule has 1 aromatic heterocycles. The lowest BCUT2D eigenvalue weighted by Crippen LogP contribution is -2.28. The summed E-state index contributed by atoms with van der Waals surface area (Å²) >= 11 is 6.54. The SMILES string of the molecule is Cl.Nc1c(F)c(N2CCC(N)C2)c(Cl)c2c1c(=O)c(C(=O)O)cn2C1CC1. The molecular weight excluding hydrogens is 398 g/mol. The van der Waals surface area contributed by atoms with Gasteiger partial charge in [0, 0.05) is 31.4 Å². The van der Waals surface area contributed by atoms with Gasteiger partial charge in [-0.15, -0.1) is 12.4 Å². The van der Waals surface area contributed by atoms with E-state index in [1.807, 2.05) is 0 Å². The molecule has 1 unspecified atom stereocenters. The van der Waals surface area contributed by atoms with Crippen molar-refractivity contribution in [2.45, 2.75) is 31.3 Å². The highest BCUT2D eigenvalue weighted by Gasteiger charge is 2.33. The van der Waals surface area contributed by atoms with Crippen LogP contribution in [0.2, 0.25) is 5.02 Å². The van der Waals surface area contributed by atoms with Gasteiger partial charge in [-0.1, -0.05) is 11.6 Å². The second-order valence-corrected chi connectivity index (χ2v) is 7.30. The summed E-state index contributed by atoms with van der Waals surface area (Å²) in [5.41, 5.74) is 10.6. The summed E-state index contributed by atoms with van der Waals surface area (Å²) in [6.45, 7) is 0.964. The number of carbonyl (C=O) groups is 1. The highest BCUT2D eigenvalue weighted by atomic mass is 35.5. The Morgan fingerprint density at radius 3 is 2.52 bits per heavy atom. The number of benzene rings is 1. The molecule has 5 N–H and O–H groups in total. The Kier molecular flexibility index (Phi) is 5.00. The highest BCUT2D eigenvalue weighted by molar-refractivity contribution is 6.38. The first-order valence-corrected chi connectivity index (χ1v) is 8.78. The normalized spacial score (nSPS) is 19.4. The third-order valence-corrected chi connectivity index (χ3v) is 5.43. The second-order valence-electron chi connectivity index (χ2n) is 6.92. The molecule has 10 heteroatoms. The molecular formula is C17H19Cl2FN4O3. The van der Waals surface area contributed by atoms with Crippen LogP contribution < -0.4 is 21.8 Å². The van der Waals surface area contributed by atoms with Gasteiger partial charge < -0.3 is 26.0 Å². The van der Waals surface area contributed by atoms with Gasteiger partial charge in [0.25, 0.3) is 0 Å². The number of anilines is 2. The van der Waals surface area contributed by atoms with Gasteiger partial charge in [-0.05, 0) is 19.3 Å². The first-order chi connectivity index (χ1) is 12.3. The van der Waals surface area contributed by atoms with Crippen LogP contribution in [0, 0.1) is 5.82 Å². The molecule has 7 nitrogen and oxygen atoms in total. The molecule has 1 aliphatic heterocycles. The molecule has 1 saturated carbocycles. The summed E-state index contributed by atoms with van der Waals surface area (Å²) in [6, 6.07) is -0.0744. The Morgan fingerprint density at radius 1 is 1.33 bits per heavy atom. The molecule has 1 saturated heterocycles. The van der Waals surface area contributed by atoms with E-state index in [2.05, 4.69) is 0 Å². The molecule has 1 atom stereocenters. The number of aromatic carboxylic acids is 1. The predicted octanol–water partition coefficient (Wildman–Crippen LogP) is 2.37. The van der Waals surface area contributed by atoms with E-state index in [1.54, 1.807) is 9.47 Å². The Hall–Kier alpha value is -2.03. The summed E-state index contributed by atoms with van der Waals surface area (Å²) in [6.07, 6.45) is 3.64. The molecule has 2 aliphatic rings. The Balaban J connectivity index is 0.00000210. The number of carboxylic acids is 1. The van der Waals surface area contributed by atoms with Crippen molar-refractivity contribution >= 4 is 52.3 Å². The van der Waals surface area contributed by atoms with Gasteiger partial charge in [0.2, 0.25) is 5.43 Å². The monoisotopic (exact) mass is 416 g/mol. The number of nitrogens with zero attached hydrogens (tertiary/aromatic N) is 2. The maximum Gasteiger partial charge on any atom is 0.341 e. The van der Waals surface area contributed by atoms with E-state index in [-0.39, 0.29) is 46.3 Å². The van der Waals surface area contributed by atoms with Gasteiger partial charge in [0.1, 0.15) is 5.56 Å². The Morgan fingerprint density at radius 2 is 2.00 bits per heavy atom. The van der Waals surface area contributed by atoms with E-state index < -0.39 is 22.8 Å². The maximum absolute atomic E-state index is 15.0. The molecule has 2 heterocycles. The largest absolute Gasteiger partial charge is 0.477 e. The molecule has 0 bridgehead atoms. The summed E-state index contributed by atoms with van der Waals surface area (Å²) in [4.78, 5) is 25.8. The summed E-state index contributed by atoms with van der Waals surface area (Å²) < 4.78 is 16.7. The highest BCUT2D eigenvalue weighted by Crippen LogP contribution is 2.44. The van der Waals surface area contributed by atoms with Gasteiger partial charge in [0.15, 0.2) is 5.82 Å². The van der Waals surface area contributed by atoms with Crippen molar-refractivity contribution in [2.75, 3.05) is 23.7 Å². The number of hydrogen-bond acceptors (Lipinski definition) is 5. The van der Waals surface area contributed by atoms with E-state index >= 15 is 4.39 Å². The number of hydrogen-bond donors (Lipinski definition) is 3. The molecule has 0 radical (unpaired) electrons. The molecule has 146 valence electrons. The van der Waals surface area contributed by atoms with Gasteiger partial charge in [-0.3, -0.25) is 4.79 Å². The Labute approximate surface area is 165 Å². The predicted molar refractivity (Wildman–Crippen MR) is 105 cm³/mol. The third-order valence-electron chi connectivity index (χ3n) is 5.08. The molecule has 2 fully saturated rings. The van der Waals surface area contributed by atoms with Crippen LogP contribution in [0.3, 0.4) is 0 Å². The fourth-order valence-corrected chi connectivity index (χ4v) is 4.01. The molecule has 0 spiro atoms. The minimum Gasteiger partial charge on any atom is -0.477 e. The number of nitrogen functional groups attached to an aromatic ring is 1. The number of fused-ring (bicyclic) bond motifs is 1. The number of carboxylic acid groups (broad SMARTS) is 1. The summed E-state index contributed by atoms with van der Waals surface area (Å²) in [5, 5.41) is 9.23. The minimum atomic E-state index is -1.38. The molecule has 27 heavy (non-hydrogen) atoms. The second kappa shape index (κ2) is 6.85. The van der Waals surface area contributed by atoms with Gasteiger partial charge >= 0.3 is 5.97 Å². The molecule has 4 rings (SSSR count). The zero-order chi connectivity index (χ0) is 18.7. The third kappa shape index (κ3) is 3.01. The lowest BCUT2D eigenvalue weighted by atomic mass is 10.1. The van der Waals surface area contributed by atoms with Crippen LogP contribution in [0.4, 0.5) is 15.8 Å².